The van der Waals surface area contributed by atoms with Gasteiger partial charge in [0.2, 0.25) is 0 Å². The Morgan fingerprint density at radius 2 is 1.58 bits per heavy atom. The molecule has 3 N–H and O–H groups in total. The summed E-state index contributed by atoms with van der Waals surface area (Å²) in [6, 6.07) is 8.14. The number of urea groups is 1. The van der Waals surface area contributed by atoms with Gasteiger partial charge in [-0.05, 0) is 50.2 Å². The van der Waals surface area contributed by atoms with E-state index < -0.39 is 17.6 Å². The average molecular weight is 418 g/mol. The first kappa shape index (κ1) is 20.2. The number of carboxylic acids is 1. The van der Waals surface area contributed by atoms with Crippen molar-refractivity contribution in [2.45, 2.75) is 19.4 Å². The molecule has 0 unspecified atom stereocenters. The number of halogens is 3. The van der Waals surface area contributed by atoms with Crippen molar-refractivity contribution in [3.05, 3.63) is 51.5 Å². The third kappa shape index (κ3) is 4.33. The molecular weight excluding hydrogens is 403 g/mol. The zero-order valence-electron chi connectivity index (χ0n) is 13.8. The molecule has 0 atom stereocenters. The largest absolute Gasteiger partial charge is 0.478 e. The van der Waals surface area contributed by atoms with Gasteiger partial charge < -0.3 is 15.6 Å². The molecule has 2 amide bonds. The van der Waals surface area contributed by atoms with Crippen LogP contribution in [0.25, 0.3) is 0 Å². The minimum absolute atomic E-state index is 0.147. The summed E-state index contributed by atoms with van der Waals surface area (Å²) in [5, 5.41) is 9.72. The Bertz CT molecular complexity index is 831. The third-order valence-electron chi connectivity index (χ3n) is 3.41. The second-order valence-electron chi connectivity index (χ2n) is 5.80. The lowest BCUT2D eigenvalue weighted by Gasteiger charge is -2.24. The first-order valence-electron chi connectivity index (χ1n) is 7.29. The van der Waals surface area contributed by atoms with Crippen LogP contribution >= 0.6 is 34.8 Å². The van der Waals surface area contributed by atoms with Gasteiger partial charge >= 0.3 is 12.0 Å². The fraction of sp³-hybridized carbons (Fsp3) is 0.176. The fourth-order valence-corrected chi connectivity index (χ4v) is 3.10. The number of benzene rings is 2. The van der Waals surface area contributed by atoms with Crippen molar-refractivity contribution in [3.8, 4) is 5.75 Å². The van der Waals surface area contributed by atoms with E-state index in [2.05, 4.69) is 0 Å². The van der Waals surface area contributed by atoms with Gasteiger partial charge in [-0.2, -0.15) is 0 Å². The van der Waals surface area contributed by atoms with E-state index in [1.807, 2.05) is 0 Å². The van der Waals surface area contributed by atoms with Crippen LogP contribution in [0, 0.1) is 0 Å². The van der Waals surface area contributed by atoms with Crippen molar-refractivity contribution in [2.24, 2.45) is 5.73 Å². The van der Waals surface area contributed by atoms with Gasteiger partial charge in [0.1, 0.15) is 5.75 Å². The van der Waals surface area contributed by atoms with Crippen LogP contribution in [0.3, 0.4) is 0 Å². The first-order chi connectivity index (χ1) is 12.0. The molecule has 0 saturated carbocycles. The Morgan fingerprint density at radius 1 is 1.08 bits per heavy atom. The molecule has 0 fully saturated rings. The lowest BCUT2D eigenvalue weighted by molar-refractivity contribution is -0.152. The Kier molecular flexibility index (Phi) is 5.91. The predicted molar refractivity (Wildman–Crippen MR) is 102 cm³/mol. The molecule has 9 heteroatoms. The summed E-state index contributed by atoms with van der Waals surface area (Å²) in [5.41, 5.74) is 4.62. The number of anilines is 2. The highest BCUT2D eigenvalue weighted by molar-refractivity contribution is 6.42. The van der Waals surface area contributed by atoms with Crippen LogP contribution in [0.2, 0.25) is 15.1 Å². The van der Waals surface area contributed by atoms with Crippen LogP contribution in [-0.2, 0) is 4.79 Å². The van der Waals surface area contributed by atoms with Gasteiger partial charge in [0, 0.05) is 5.02 Å². The number of rotatable bonds is 5. The minimum atomic E-state index is -1.41. The minimum Gasteiger partial charge on any atom is -0.478 e. The number of carbonyl (C=O) groups excluding carboxylic acids is 1. The SMILES string of the molecule is CC(C)(Oc1ccc(N(C(N)=O)c2c(Cl)cc(Cl)cc2Cl)cc1)C(=O)O. The summed E-state index contributed by atoms with van der Waals surface area (Å²) < 4.78 is 5.42. The number of hydrogen-bond donors (Lipinski definition) is 2. The van der Waals surface area contributed by atoms with E-state index >= 15 is 0 Å². The van der Waals surface area contributed by atoms with E-state index in [1.54, 1.807) is 0 Å². The topological polar surface area (TPSA) is 92.9 Å². The summed E-state index contributed by atoms with van der Waals surface area (Å²) in [6.45, 7) is 2.85. The Balaban J connectivity index is 2.41. The molecule has 2 rings (SSSR count). The highest BCUT2D eigenvalue weighted by Gasteiger charge is 2.29. The number of carbonyl (C=O) groups is 2. The predicted octanol–water partition coefficient (Wildman–Crippen LogP) is 5.11. The van der Waals surface area contributed by atoms with Crippen molar-refractivity contribution >= 4 is 58.2 Å². The number of ether oxygens (including phenoxy) is 1. The second-order valence-corrected chi connectivity index (χ2v) is 7.05. The smallest absolute Gasteiger partial charge is 0.347 e. The van der Waals surface area contributed by atoms with E-state index in [-0.39, 0.29) is 15.7 Å². The number of primary amides is 1. The molecule has 0 heterocycles. The molecule has 0 radical (unpaired) electrons. The van der Waals surface area contributed by atoms with Gasteiger partial charge in [0.15, 0.2) is 5.60 Å². The Hall–Kier alpha value is -2.15. The molecule has 2 aromatic carbocycles. The Morgan fingerprint density at radius 3 is 2.00 bits per heavy atom. The maximum Gasteiger partial charge on any atom is 0.347 e. The number of nitrogens with two attached hydrogens (primary N) is 1. The number of carboxylic acid groups (broad SMARTS) is 1. The monoisotopic (exact) mass is 416 g/mol. The molecule has 0 aromatic heterocycles. The van der Waals surface area contributed by atoms with Gasteiger partial charge in [-0.15, -0.1) is 0 Å². The molecular formula is C17H15Cl3N2O4. The van der Waals surface area contributed by atoms with Crippen LogP contribution in [0.4, 0.5) is 16.2 Å². The van der Waals surface area contributed by atoms with Crippen LogP contribution in [0.1, 0.15) is 13.8 Å². The Labute approximate surface area is 165 Å². The molecule has 0 spiro atoms. The van der Waals surface area contributed by atoms with Crippen molar-refractivity contribution in [1.29, 1.82) is 0 Å². The fourth-order valence-electron chi connectivity index (χ4n) is 2.12. The van der Waals surface area contributed by atoms with Gasteiger partial charge in [-0.1, -0.05) is 34.8 Å². The highest BCUT2D eigenvalue weighted by Crippen LogP contribution is 2.40. The van der Waals surface area contributed by atoms with E-state index in [9.17, 15) is 9.59 Å². The molecule has 138 valence electrons. The van der Waals surface area contributed by atoms with Gasteiger partial charge in [0.05, 0.1) is 21.4 Å². The maximum atomic E-state index is 12.0. The summed E-state index contributed by atoms with van der Waals surface area (Å²) in [4.78, 5) is 24.2. The van der Waals surface area contributed by atoms with E-state index in [0.717, 1.165) is 4.90 Å². The van der Waals surface area contributed by atoms with E-state index in [1.165, 1.54) is 50.2 Å². The number of nitrogens with zero attached hydrogens (tertiary/aromatic N) is 1. The quantitative estimate of drug-likeness (QED) is 0.707. The zero-order valence-corrected chi connectivity index (χ0v) is 16.1. The van der Waals surface area contributed by atoms with Gasteiger partial charge in [-0.25, -0.2) is 9.59 Å². The summed E-state index contributed by atoms with van der Waals surface area (Å²) in [6.07, 6.45) is 0. The summed E-state index contributed by atoms with van der Waals surface area (Å²) in [7, 11) is 0. The van der Waals surface area contributed by atoms with Crippen molar-refractivity contribution < 1.29 is 19.4 Å². The number of hydrogen-bond acceptors (Lipinski definition) is 3. The van der Waals surface area contributed by atoms with E-state index in [0.29, 0.717) is 16.5 Å². The van der Waals surface area contributed by atoms with Crippen molar-refractivity contribution in [2.75, 3.05) is 4.90 Å². The number of amides is 2. The molecule has 0 aliphatic rings. The third-order valence-corrected chi connectivity index (χ3v) is 4.20. The van der Waals surface area contributed by atoms with Crippen LogP contribution in [0.5, 0.6) is 5.75 Å². The van der Waals surface area contributed by atoms with Gasteiger partial charge in [0.25, 0.3) is 0 Å². The lowest BCUT2D eigenvalue weighted by Crippen LogP contribution is -2.37. The molecule has 2 aromatic rings. The van der Waals surface area contributed by atoms with Gasteiger partial charge in [-0.3, -0.25) is 4.90 Å². The lowest BCUT2D eigenvalue weighted by atomic mass is 10.1. The van der Waals surface area contributed by atoms with Crippen molar-refractivity contribution in [3.63, 3.8) is 0 Å². The van der Waals surface area contributed by atoms with E-state index in [4.69, 9.17) is 50.4 Å². The van der Waals surface area contributed by atoms with Crippen molar-refractivity contribution in [1.82, 2.24) is 0 Å². The highest BCUT2D eigenvalue weighted by atomic mass is 35.5. The second kappa shape index (κ2) is 7.61. The summed E-state index contributed by atoms with van der Waals surface area (Å²) >= 11 is 18.2. The first-order valence-corrected chi connectivity index (χ1v) is 8.43. The van der Waals surface area contributed by atoms with Crippen LogP contribution in [0.15, 0.2) is 36.4 Å². The molecule has 6 nitrogen and oxygen atoms in total. The number of aliphatic carboxylic acids is 1. The maximum absolute atomic E-state index is 12.0. The average Bonchev–Trinajstić information content (AvgIpc) is 2.51. The summed E-state index contributed by atoms with van der Waals surface area (Å²) in [5.74, 6) is -0.807. The molecule has 0 bridgehead atoms. The van der Waals surface area contributed by atoms with Crippen LogP contribution in [-0.4, -0.2) is 22.7 Å². The van der Waals surface area contributed by atoms with Crippen LogP contribution < -0.4 is 15.4 Å². The molecule has 26 heavy (non-hydrogen) atoms. The standard InChI is InChI=1S/C17H15Cl3N2O4/c1-17(2,15(23)24)26-11-5-3-10(4-6-11)22(16(21)25)14-12(19)7-9(18)8-13(14)20/h3-8H,1-2H3,(H2,21,25)(H,23,24). The molecule has 0 aliphatic carbocycles. The molecule has 0 saturated heterocycles. The molecule has 0 aliphatic heterocycles. The normalized spacial score (nSPS) is 11.1. The zero-order chi connectivity index (χ0) is 19.6.